The summed E-state index contributed by atoms with van der Waals surface area (Å²) in [7, 11) is 13.8. The van der Waals surface area contributed by atoms with E-state index in [0.29, 0.717) is 19.4 Å². The van der Waals surface area contributed by atoms with Crippen LogP contribution in [0.4, 0.5) is 0 Å². The third kappa shape index (κ3) is 23.7. The molecule has 0 radical (unpaired) electrons. The highest BCUT2D eigenvalue weighted by atomic mass is 16.3. The van der Waals surface area contributed by atoms with Crippen LogP contribution in [0.2, 0.25) is 0 Å². The molecular formula is C67H122N12O12. The van der Waals surface area contributed by atoms with Crippen molar-refractivity contribution in [3.8, 4) is 0 Å². The van der Waals surface area contributed by atoms with Gasteiger partial charge in [-0.3, -0.25) is 52.7 Å². The van der Waals surface area contributed by atoms with Crippen molar-refractivity contribution in [1.29, 1.82) is 0 Å². The molecule has 91 heavy (non-hydrogen) atoms. The lowest BCUT2D eigenvalue weighted by Crippen LogP contribution is -2.64. The summed E-state index contributed by atoms with van der Waals surface area (Å²) in [6, 6.07) is -13.7. The van der Waals surface area contributed by atoms with Gasteiger partial charge in [0.1, 0.15) is 66.5 Å². The van der Waals surface area contributed by atoms with Gasteiger partial charge in [0.25, 0.3) is 0 Å². The Balaban J connectivity index is 4.52. The molecule has 1 heterocycles. The molecule has 522 valence electrons. The molecule has 0 aromatic heterocycles. The number of carbonyl (C=O) groups excluding carboxylic acids is 11. The maximum Gasteiger partial charge on any atom is 0.246 e. The van der Waals surface area contributed by atoms with E-state index in [9.17, 15) is 29.1 Å². The molecule has 1 rings (SSSR count). The number of allylic oxidation sites excluding steroid dienone is 2. The lowest BCUT2D eigenvalue weighted by atomic mass is 9.91. The van der Waals surface area contributed by atoms with Gasteiger partial charge in [0, 0.05) is 49.3 Å². The minimum absolute atomic E-state index is 0.0134. The highest BCUT2D eigenvalue weighted by molar-refractivity contribution is 6.00. The van der Waals surface area contributed by atoms with Gasteiger partial charge < -0.3 is 65.6 Å². The molecule has 24 nitrogen and oxygen atoms in total. The zero-order chi connectivity index (χ0) is 70.5. The van der Waals surface area contributed by atoms with Crippen LogP contribution in [-0.2, 0) is 52.7 Å². The molecule has 0 spiro atoms. The van der Waals surface area contributed by atoms with Gasteiger partial charge >= 0.3 is 0 Å². The SMILES string of the molecule is CC=CC[C@@H](C)[C@@H](O)[C@H]1C(=O)N[C@@H](CC)C(=O)N(C)[C@H](CCCN(C)C)C(=O)N(C)[C@@H](CC(C)C)C(=O)N[C@@H](C(C)C)C(=O)N(C)[C@@H](CC(C)C)C(=O)N[C@@H](C)C(=O)N[C@H](C)C(=O)N(C)[C@@H](CC(C)C)C(=O)N(C)[C@@H](CC(C)C)C(=O)N(C)[C@@H](C(C)C)C(=O)N1C. The van der Waals surface area contributed by atoms with Crippen molar-refractivity contribution in [1.82, 2.24) is 60.5 Å². The highest BCUT2D eigenvalue weighted by Crippen LogP contribution is 2.26. The zero-order valence-electron chi connectivity index (χ0n) is 60.5. The van der Waals surface area contributed by atoms with E-state index in [2.05, 4.69) is 21.3 Å². The number of nitrogens with one attached hydrogen (secondary N) is 4. The Labute approximate surface area is 546 Å². The van der Waals surface area contributed by atoms with E-state index in [0.717, 1.165) is 4.90 Å². The predicted molar refractivity (Wildman–Crippen MR) is 355 cm³/mol. The zero-order valence-corrected chi connectivity index (χ0v) is 60.5. The third-order valence-corrected chi connectivity index (χ3v) is 17.5. The largest absolute Gasteiger partial charge is 0.390 e. The maximum atomic E-state index is 15.3. The molecular weight excluding hydrogens is 1160 g/mol. The molecule has 0 saturated carbocycles. The first-order chi connectivity index (χ1) is 42.0. The number of aliphatic hydroxyl groups excluding tert-OH is 1. The van der Waals surface area contributed by atoms with Gasteiger partial charge in [0.05, 0.1) is 6.10 Å². The molecule has 1 fully saturated rings. The van der Waals surface area contributed by atoms with E-state index in [-0.39, 0.29) is 62.2 Å². The second-order valence-corrected chi connectivity index (χ2v) is 28.3. The fraction of sp³-hybridized carbons (Fsp3) is 0.806. The molecule has 24 heteroatoms. The summed E-state index contributed by atoms with van der Waals surface area (Å²) in [4.78, 5) is 174. The minimum atomic E-state index is -1.63. The van der Waals surface area contributed by atoms with Gasteiger partial charge in [-0.25, -0.2) is 0 Å². The Bertz CT molecular complexity index is 2470. The van der Waals surface area contributed by atoms with Gasteiger partial charge in [-0.1, -0.05) is 109 Å². The smallest absolute Gasteiger partial charge is 0.246 e. The number of nitrogens with zero attached hydrogens (tertiary/aromatic N) is 8. The van der Waals surface area contributed by atoms with Crippen LogP contribution < -0.4 is 21.3 Å². The first kappa shape index (κ1) is 82.8. The topological polar surface area (TPSA) is 282 Å². The average Bonchev–Trinajstić information content (AvgIpc) is 0.906. The minimum Gasteiger partial charge on any atom is -0.390 e. The normalized spacial score (nSPS) is 26.8. The Morgan fingerprint density at radius 1 is 0.451 bits per heavy atom. The second kappa shape index (κ2) is 38.1. The second-order valence-electron chi connectivity index (χ2n) is 28.3. The summed E-state index contributed by atoms with van der Waals surface area (Å²) in [5.74, 6) is -9.70. The molecule has 1 saturated heterocycles. The molecule has 5 N–H and O–H groups in total. The van der Waals surface area contributed by atoms with E-state index < -0.39 is 155 Å². The summed E-state index contributed by atoms with van der Waals surface area (Å²) in [6.45, 7) is 30.6. The molecule has 0 unspecified atom stereocenters. The summed E-state index contributed by atoms with van der Waals surface area (Å²) in [6.07, 6.45) is 3.58. The average molecular weight is 1290 g/mol. The first-order valence-electron chi connectivity index (χ1n) is 33.1. The molecule has 13 atom stereocenters. The van der Waals surface area contributed by atoms with E-state index in [1.807, 2.05) is 87.4 Å². The fourth-order valence-electron chi connectivity index (χ4n) is 11.7. The predicted octanol–water partition coefficient (Wildman–Crippen LogP) is 3.98. The number of amides is 11. The Morgan fingerprint density at radius 2 is 0.846 bits per heavy atom. The number of aliphatic hydroxyl groups is 1. The van der Waals surface area contributed by atoms with Crippen LogP contribution in [0.5, 0.6) is 0 Å². The van der Waals surface area contributed by atoms with Crippen LogP contribution in [0, 0.1) is 41.4 Å². The number of carbonyl (C=O) groups is 11. The number of likely N-dealkylation sites (N-methyl/N-ethyl adjacent to an activating group) is 7. The van der Waals surface area contributed by atoms with Crippen molar-refractivity contribution in [3.05, 3.63) is 12.2 Å². The highest BCUT2D eigenvalue weighted by Gasteiger charge is 2.46. The number of rotatable bonds is 19. The molecule has 11 amide bonds. The summed E-state index contributed by atoms with van der Waals surface area (Å²) < 4.78 is 0. The summed E-state index contributed by atoms with van der Waals surface area (Å²) in [5, 5.41) is 23.4. The van der Waals surface area contributed by atoms with Crippen molar-refractivity contribution >= 4 is 65.0 Å². The summed E-state index contributed by atoms with van der Waals surface area (Å²) in [5.41, 5.74) is 0. The third-order valence-electron chi connectivity index (χ3n) is 17.5. The van der Waals surface area contributed by atoms with Crippen molar-refractivity contribution < 1.29 is 57.8 Å². The van der Waals surface area contributed by atoms with Crippen molar-refractivity contribution in [2.75, 3.05) is 70.0 Å². The lowest BCUT2D eigenvalue weighted by Gasteiger charge is -2.41. The number of hydrogen-bond donors (Lipinski definition) is 5. The molecule has 0 bridgehead atoms. The number of hydrogen-bond acceptors (Lipinski definition) is 13. The molecule has 0 aromatic carbocycles. The van der Waals surface area contributed by atoms with Gasteiger partial charge in [-0.05, 0) is 134 Å². The van der Waals surface area contributed by atoms with Crippen LogP contribution in [0.3, 0.4) is 0 Å². The van der Waals surface area contributed by atoms with Crippen LogP contribution >= 0.6 is 0 Å². The molecule has 0 aromatic rings. The van der Waals surface area contributed by atoms with E-state index in [4.69, 9.17) is 0 Å². The molecule has 1 aliphatic rings. The van der Waals surface area contributed by atoms with Crippen LogP contribution in [0.15, 0.2) is 12.2 Å². The fourth-order valence-corrected chi connectivity index (χ4v) is 11.7. The Hall–Kier alpha value is -6.17. The Kier molecular flexibility index (Phi) is 34.7. The monoisotopic (exact) mass is 1290 g/mol. The van der Waals surface area contributed by atoms with Gasteiger partial charge in [0.2, 0.25) is 65.0 Å². The van der Waals surface area contributed by atoms with Gasteiger partial charge in [-0.15, -0.1) is 0 Å². The lowest BCUT2D eigenvalue weighted by molar-refractivity contribution is -0.157. The van der Waals surface area contributed by atoms with Gasteiger partial charge in [0.15, 0.2) is 0 Å². The van der Waals surface area contributed by atoms with Crippen molar-refractivity contribution in [2.24, 2.45) is 41.4 Å². The van der Waals surface area contributed by atoms with Crippen molar-refractivity contribution in [2.45, 2.75) is 242 Å². The van der Waals surface area contributed by atoms with Crippen LogP contribution in [0.25, 0.3) is 0 Å². The first-order valence-corrected chi connectivity index (χ1v) is 33.1. The quantitative estimate of drug-likeness (QED) is 0.115. The van der Waals surface area contributed by atoms with E-state index in [1.54, 1.807) is 47.6 Å². The van der Waals surface area contributed by atoms with Crippen LogP contribution in [0.1, 0.15) is 169 Å². The molecule has 0 aliphatic carbocycles. The van der Waals surface area contributed by atoms with E-state index in [1.165, 1.54) is 92.6 Å². The maximum absolute atomic E-state index is 15.3. The summed E-state index contributed by atoms with van der Waals surface area (Å²) >= 11 is 0. The van der Waals surface area contributed by atoms with Crippen molar-refractivity contribution in [3.63, 3.8) is 0 Å². The molecule has 1 aliphatic heterocycles. The Morgan fingerprint density at radius 3 is 1.29 bits per heavy atom. The standard InChI is InChI=1S/C67H122N12O12/c1-27-29-31-44(15)56(80)55-60(84)70-47(28-2)62(86)73(20)48(32-30-33-72(18)19)63(87)74(21)50(35-39(5)6)59(83)71-53(42(11)12)66(90)75(22)49(34-38(3)4)58(82)68-45(16)57(81)69-46(17)61(85)76(23)51(36-40(7)8)64(88)77(24)52(37-41(9)10)65(89)78(25)54(43(13)14)67(91)79(55)26/h27,29,38-56,80H,28,30-37H2,1-26H3,(H,68,82)(H,69,81)(H,70,84)(H,71,83)/t44-,45+,46-,47+,48-,49+,50+,51+,52+,53+,54+,55+,56-/m1/s1. The van der Waals surface area contributed by atoms with E-state index >= 15 is 28.8 Å². The van der Waals surface area contributed by atoms with Crippen LogP contribution in [-0.4, -0.2) is 252 Å². The van der Waals surface area contributed by atoms with Gasteiger partial charge in [-0.2, -0.15) is 0 Å².